The number of hydrogen-bond donors (Lipinski definition) is 13. The SMILES string of the molecule is CC[C@H](C)[C@@H]1NC(=O)[C@H](C[C@H]2CN=C(N)N2)NC(=O)[C@H](C)NC(=O)[C@H](NC(=O)[C@H](CO)CC(=O)[C@@H](NC(=O)[C@H](CC(=O)[C@@H](CCC(N)=O)NC(=O)[C@H](CO)CC(=O)[C@@H](NC(=O)[C@@H](Cc2ccccc2)NC)[C@@H](C)CC)[C@@H](C)CC)[C@@H](C)CC)[C@H](C)CC1=O. The maximum absolute atomic E-state index is 14.5. The quantitative estimate of drug-likeness (QED) is 0.0414. The van der Waals surface area contributed by atoms with Gasteiger partial charge in [0.05, 0.1) is 67.8 Å². The molecule has 0 radical (unpaired) electrons. The van der Waals surface area contributed by atoms with Crippen LogP contribution in [0.5, 0.6) is 0 Å². The van der Waals surface area contributed by atoms with Crippen molar-refractivity contribution in [3.05, 3.63) is 35.9 Å². The summed E-state index contributed by atoms with van der Waals surface area (Å²) in [5, 5.41) is 46.0. The Bertz CT molecular complexity index is 2610. The molecule has 3 rings (SSSR count). The average molecular weight is 1240 g/mol. The molecule has 0 saturated carbocycles. The summed E-state index contributed by atoms with van der Waals surface area (Å²) in [4.78, 5) is 171. The van der Waals surface area contributed by atoms with Crippen LogP contribution in [0.25, 0.3) is 0 Å². The zero-order valence-electron chi connectivity index (χ0n) is 53.2. The van der Waals surface area contributed by atoms with Crippen LogP contribution in [0.1, 0.15) is 145 Å². The maximum atomic E-state index is 14.5. The predicted molar refractivity (Wildman–Crippen MR) is 329 cm³/mol. The number of benzene rings is 1. The van der Waals surface area contributed by atoms with Crippen molar-refractivity contribution in [2.45, 2.75) is 201 Å². The van der Waals surface area contributed by atoms with Gasteiger partial charge in [-0.05, 0) is 68.4 Å². The molecule has 17 atom stereocenters. The number of aliphatic hydroxyl groups is 2. The fraction of sp³-hybridized carbons (Fsp3) is 0.694. The van der Waals surface area contributed by atoms with Crippen LogP contribution in [0, 0.1) is 47.3 Å². The van der Waals surface area contributed by atoms with Crippen LogP contribution in [0.3, 0.4) is 0 Å². The first-order valence-electron chi connectivity index (χ1n) is 31.1. The normalized spacial score (nSPS) is 22.9. The molecule has 26 nitrogen and oxygen atoms in total. The molecule has 492 valence electrons. The summed E-state index contributed by atoms with van der Waals surface area (Å²) in [6.45, 7) is 15.5. The highest BCUT2D eigenvalue weighted by Crippen LogP contribution is 2.25. The average Bonchev–Trinajstić information content (AvgIpc) is 4.08. The summed E-state index contributed by atoms with van der Waals surface area (Å²) in [6, 6.07) is -0.572. The standard InChI is InChI=1S/C62H100N12O14/c1-12-32(5)42(28-46(77)43(21-22-50(63)81)69-56(83)39(30-75)25-49(80)53(35(8)15-4)72-59(86)44(65-11)24-38-19-17-16-18-20-38)58(85)71-52(34(7)14-3)48(79)26-40(31-76)57(84)74-54-36(9)23-47(78)51(33(6)13-2)73-60(87)45(27-41-29-66-62(64)68-41)70-55(82)37(10)67-61(54)88/h16-20,32-37,39-45,51-54,65,75-76H,12-15,21-31H2,1-11H3,(H2,63,81)(H,67,88)(H,69,83)(H,70,82)(H,71,85)(H,72,86)(H,73,87)(H,74,84)(H3,64,66,68)/t32-,33-,34-,35-,36+,37-,39-,40-,41-,42+,43+,44+,45-,51-,52-,53-,54+/m0/s1. The highest BCUT2D eigenvalue weighted by molar-refractivity contribution is 6.00. The van der Waals surface area contributed by atoms with Crippen LogP contribution in [0.15, 0.2) is 35.3 Å². The Kier molecular flexibility index (Phi) is 31.5. The Morgan fingerprint density at radius 2 is 1.23 bits per heavy atom. The molecule has 8 amide bonds. The number of aliphatic imine (C=N–C) groups is 1. The number of primary amides is 1. The molecule has 2 aliphatic rings. The lowest BCUT2D eigenvalue weighted by atomic mass is 9.83. The molecule has 15 N–H and O–H groups in total. The Labute approximate surface area is 517 Å². The molecule has 26 heteroatoms. The zero-order chi connectivity index (χ0) is 66.1. The van der Waals surface area contributed by atoms with Gasteiger partial charge < -0.3 is 69.5 Å². The largest absolute Gasteiger partial charge is 0.396 e. The first-order valence-corrected chi connectivity index (χ1v) is 31.1. The fourth-order valence-electron chi connectivity index (χ4n) is 10.7. The van der Waals surface area contributed by atoms with Crippen molar-refractivity contribution in [1.82, 2.24) is 47.9 Å². The Hall–Kier alpha value is -7.19. The summed E-state index contributed by atoms with van der Waals surface area (Å²) >= 11 is 0. The van der Waals surface area contributed by atoms with E-state index in [4.69, 9.17) is 11.5 Å². The van der Waals surface area contributed by atoms with Gasteiger partial charge in [-0.15, -0.1) is 0 Å². The smallest absolute Gasteiger partial charge is 0.243 e. The Balaban J connectivity index is 1.85. The van der Waals surface area contributed by atoms with Crippen LogP contribution in [-0.4, -0.2) is 168 Å². The van der Waals surface area contributed by atoms with Crippen LogP contribution >= 0.6 is 0 Å². The molecule has 0 aromatic heterocycles. The topological polar surface area (TPSA) is 418 Å². The summed E-state index contributed by atoms with van der Waals surface area (Å²) in [5.74, 6) is -15.1. The number of rotatable bonds is 35. The van der Waals surface area contributed by atoms with Gasteiger partial charge in [-0.3, -0.25) is 62.5 Å². The van der Waals surface area contributed by atoms with Crippen molar-refractivity contribution in [1.29, 1.82) is 0 Å². The van der Waals surface area contributed by atoms with Gasteiger partial charge in [0, 0.05) is 38.0 Å². The van der Waals surface area contributed by atoms with Gasteiger partial charge >= 0.3 is 0 Å². The van der Waals surface area contributed by atoms with E-state index in [0.29, 0.717) is 32.1 Å². The summed E-state index contributed by atoms with van der Waals surface area (Å²) < 4.78 is 0. The van der Waals surface area contributed by atoms with Crippen LogP contribution in [0.4, 0.5) is 0 Å². The number of nitrogens with two attached hydrogens (primary N) is 2. The van der Waals surface area contributed by atoms with E-state index < -0.39 is 199 Å². The van der Waals surface area contributed by atoms with E-state index in [1.54, 1.807) is 48.6 Å². The second kappa shape index (κ2) is 37.0. The number of nitrogens with zero attached hydrogens (tertiary/aromatic N) is 1. The van der Waals surface area contributed by atoms with E-state index in [1.807, 2.05) is 44.2 Å². The Morgan fingerprint density at radius 1 is 0.659 bits per heavy atom. The minimum Gasteiger partial charge on any atom is -0.396 e. The fourth-order valence-corrected chi connectivity index (χ4v) is 10.7. The molecule has 1 saturated heterocycles. The van der Waals surface area contributed by atoms with E-state index in [0.717, 1.165) is 5.56 Å². The van der Waals surface area contributed by atoms with Gasteiger partial charge in [0.25, 0.3) is 0 Å². The number of carbonyl (C=O) groups excluding carboxylic acids is 12. The molecule has 0 spiro atoms. The second-order valence-corrected chi connectivity index (χ2v) is 24.2. The number of aliphatic hydroxyl groups excluding tert-OH is 2. The molecule has 1 aromatic carbocycles. The number of amides is 8. The molecule has 1 fully saturated rings. The molecular weight excluding hydrogens is 1140 g/mol. The summed E-state index contributed by atoms with van der Waals surface area (Å²) in [7, 11) is 1.62. The van der Waals surface area contributed by atoms with E-state index in [-0.39, 0.29) is 44.1 Å². The lowest BCUT2D eigenvalue weighted by Gasteiger charge is -2.30. The number of guanidine groups is 1. The third-order valence-corrected chi connectivity index (χ3v) is 17.5. The van der Waals surface area contributed by atoms with E-state index in [2.05, 4.69) is 52.8 Å². The number of Topliss-reactive ketones (excluding diaryl/α,β-unsaturated/α-hetero) is 4. The van der Waals surface area contributed by atoms with E-state index in [9.17, 15) is 67.7 Å². The number of ketones is 4. The minimum atomic E-state index is -1.50. The van der Waals surface area contributed by atoms with Crippen LogP contribution < -0.4 is 59.3 Å². The molecular formula is C62H100N12O14. The third-order valence-electron chi connectivity index (χ3n) is 17.5. The van der Waals surface area contributed by atoms with Crippen molar-refractivity contribution in [3.8, 4) is 0 Å². The van der Waals surface area contributed by atoms with Gasteiger partial charge in [-0.25, -0.2) is 0 Å². The van der Waals surface area contributed by atoms with Crippen molar-refractivity contribution in [2.24, 2.45) is 63.8 Å². The van der Waals surface area contributed by atoms with Crippen LogP contribution in [0.2, 0.25) is 0 Å². The zero-order valence-corrected chi connectivity index (χ0v) is 53.2. The minimum absolute atomic E-state index is 0.0422. The predicted octanol–water partition coefficient (Wildman–Crippen LogP) is -0.323. The Morgan fingerprint density at radius 3 is 1.74 bits per heavy atom. The first kappa shape index (κ1) is 75.1. The summed E-state index contributed by atoms with van der Waals surface area (Å²) in [6.07, 6.45) is -0.664. The van der Waals surface area contributed by atoms with Crippen molar-refractivity contribution < 1.29 is 67.7 Å². The molecule has 0 unspecified atom stereocenters. The lowest BCUT2D eigenvalue weighted by molar-refractivity contribution is -0.138. The molecule has 1 aromatic rings. The van der Waals surface area contributed by atoms with E-state index in [1.165, 1.54) is 13.8 Å². The highest BCUT2D eigenvalue weighted by atomic mass is 16.3. The molecule has 2 aliphatic heterocycles. The molecule has 0 bridgehead atoms. The van der Waals surface area contributed by atoms with Gasteiger partial charge in [0.1, 0.15) is 18.1 Å². The monoisotopic (exact) mass is 1240 g/mol. The maximum Gasteiger partial charge on any atom is 0.243 e. The van der Waals surface area contributed by atoms with Crippen molar-refractivity contribution in [3.63, 3.8) is 0 Å². The number of likely N-dealkylation sites (N-methyl/N-ethyl adjacent to an activating group) is 1. The van der Waals surface area contributed by atoms with Crippen molar-refractivity contribution in [2.75, 3.05) is 26.8 Å². The highest BCUT2D eigenvalue weighted by Gasteiger charge is 2.41. The first-order chi connectivity index (χ1) is 41.6. The van der Waals surface area contributed by atoms with Crippen molar-refractivity contribution >= 4 is 76.3 Å². The van der Waals surface area contributed by atoms with Gasteiger partial charge in [-0.2, -0.15) is 0 Å². The molecule has 0 aliphatic carbocycles. The third kappa shape index (κ3) is 22.8. The van der Waals surface area contributed by atoms with E-state index >= 15 is 0 Å². The number of hydrogen-bond acceptors (Lipinski definition) is 18. The summed E-state index contributed by atoms with van der Waals surface area (Å²) in [5.41, 5.74) is 12.2. The van der Waals surface area contributed by atoms with Gasteiger partial charge in [0.2, 0.25) is 47.3 Å². The number of carbonyl (C=O) groups is 12. The lowest BCUT2D eigenvalue weighted by Crippen LogP contribution is -2.58. The van der Waals surface area contributed by atoms with Gasteiger partial charge in [0.15, 0.2) is 29.1 Å². The van der Waals surface area contributed by atoms with Gasteiger partial charge in [-0.1, -0.05) is 118 Å². The molecule has 88 heavy (non-hydrogen) atoms. The van der Waals surface area contributed by atoms with Crippen LogP contribution in [-0.2, 0) is 64.0 Å². The second-order valence-electron chi connectivity index (χ2n) is 24.2. The molecule has 2 heterocycles. The number of nitrogens with one attached hydrogen (secondary N) is 9.